The summed E-state index contributed by atoms with van der Waals surface area (Å²) in [7, 11) is 1.34. The highest BCUT2D eigenvalue weighted by Gasteiger charge is 2.20. The lowest BCUT2D eigenvalue weighted by Gasteiger charge is -2.19. The van der Waals surface area contributed by atoms with Crippen molar-refractivity contribution in [2.45, 2.75) is 59.1 Å². The van der Waals surface area contributed by atoms with Crippen molar-refractivity contribution in [3.8, 4) is 0 Å². The van der Waals surface area contributed by atoms with Crippen LogP contribution in [0.4, 0.5) is 4.79 Å². The first-order valence-electron chi connectivity index (χ1n) is 7.85. The third-order valence-electron chi connectivity index (χ3n) is 2.82. The second-order valence-corrected chi connectivity index (χ2v) is 6.80. The Bertz CT molecular complexity index is 402. The molecule has 0 aromatic heterocycles. The number of alkyl carbamates (subject to hydrolysis) is 1. The summed E-state index contributed by atoms with van der Waals surface area (Å²) in [5.74, 6) is -0.148. The van der Waals surface area contributed by atoms with E-state index in [9.17, 15) is 14.4 Å². The molecule has 0 saturated heterocycles. The summed E-state index contributed by atoms with van der Waals surface area (Å²) in [6.07, 6.45) is 0.226. The first-order valence-corrected chi connectivity index (χ1v) is 7.85. The number of esters is 1. The van der Waals surface area contributed by atoms with Gasteiger partial charge in [0.05, 0.1) is 13.7 Å². The van der Waals surface area contributed by atoms with Crippen molar-refractivity contribution in [3.05, 3.63) is 0 Å². The van der Waals surface area contributed by atoms with Crippen molar-refractivity contribution in [1.82, 2.24) is 10.6 Å². The molecule has 0 spiro atoms. The second-order valence-electron chi connectivity index (χ2n) is 6.80. The van der Waals surface area contributed by atoms with Crippen LogP contribution in [0.2, 0.25) is 0 Å². The predicted octanol–water partition coefficient (Wildman–Crippen LogP) is 1.65. The smallest absolute Gasteiger partial charge is 0.408 e. The number of ether oxygens (including phenoxy) is 2. The number of hydrogen-bond acceptors (Lipinski definition) is 6. The minimum atomic E-state index is -0.619. The highest BCUT2D eigenvalue weighted by molar-refractivity contribution is 5.84. The Balaban J connectivity index is 4.08. The summed E-state index contributed by atoms with van der Waals surface area (Å²) >= 11 is 0. The molecule has 1 atom stereocenters. The van der Waals surface area contributed by atoms with Gasteiger partial charge in [-0.3, -0.25) is 9.59 Å². The summed E-state index contributed by atoms with van der Waals surface area (Å²) in [6, 6.07) is -0.424. The van der Waals surface area contributed by atoms with E-state index in [2.05, 4.69) is 10.6 Å². The zero-order chi connectivity index (χ0) is 18.0. The van der Waals surface area contributed by atoms with Crippen molar-refractivity contribution >= 4 is 17.8 Å². The van der Waals surface area contributed by atoms with Gasteiger partial charge in [0.2, 0.25) is 0 Å². The molecule has 0 fully saturated rings. The van der Waals surface area contributed by atoms with E-state index in [0.717, 1.165) is 0 Å². The van der Waals surface area contributed by atoms with Gasteiger partial charge in [-0.1, -0.05) is 13.8 Å². The maximum atomic E-state index is 11.7. The molecule has 23 heavy (non-hydrogen) atoms. The van der Waals surface area contributed by atoms with E-state index in [1.807, 2.05) is 13.8 Å². The van der Waals surface area contributed by atoms with Crippen LogP contribution in [0.25, 0.3) is 0 Å². The van der Waals surface area contributed by atoms with Gasteiger partial charge in [0.1, 0.15) is 11.6 Å². The lowest BCUT2D eigenvalue weighted by Crippen LogP contribution is -2.40. The topological polar surface area (TPSA) is 93.7 Å². The normalized spacial score (nSPS) is 12.7. The summed E-state index contributed by atoms with van der Waals surface area (Å²) in [4.78, 5) is 34.8. The largest absolute Gasteiger partial charge is 0.468 e. The minimum Gasteiger partial charge on any atom is -0.468 e. The number of methoxy groups -OCH3 is 1. The predicted molar refractivity (Wildman–Crippen MR) is 87.1 cm³/mol. The van der Waals surface area contributed by atoms with Crippen LogP contribution in [-0.2, 0) is 19.1 Å². The Hall–Kier alpha value is -1.63. The average Bonchev–Trinajstić information content (AvgIpc) is 2.41. The first-order chi connectivity index (χ1) is 10.5. The van der Waals surface area contributed by atoms with Crippen LogP contribution in [-0.4, -0.2) is 49.7 Å². The molecule has 1 amide bonds. The van der Waals surface area contributed by atoms with E-state index >= 15 is 0 Å². The van der Waals surface area contributed by atoms with Crippen LogP contribution in [0.15, 0.2) is 0 Å². The van der Waals surface area contributed by atoms with Crippen LogP contribution >= 0.6 is 0 Å². The molecule has 0 heterocycles. The molecular formula is C16H30N2O5. The number of hydrogen-bond donors (Lipinski definition) is 2. The molecule has 2 N–H and O–H groups in total. The Labute approximate surface area is 138 Å². The van der Waals surface area contributed by atoms with Crippen LogP contribution in [0, 0.1) is 5.92 Å². The van der Waals surface area contributed by atoms with Gasteiger partial charge in [-0.25, -0.2) is 4.79 Å². The molecular weight excluding hydrogens is 300 g/mol. The SMILES string of the molecule is COC(=O)[C@H](CC(C)C)NCCC(=O)CNC(=O)OC(C)(C)C. The van der Waals surface area contributed by atoms with Crippen molar-refractivity contribution in [2.24, 2.45) is 5.92 Å². The van der Waals surface area contributed by atoms with E-state index in [-0.39, 0.29) is 24.7 Å². The fourth-order valence-electron chi connectivity index (χ4n) is 1.84. The van der Waals surface area contributed by atoms with Gasteiger partial charge in [0.15, 0.2) is 5.78 Å². The standard InChI is InChI=1S/C16H30N2O5/c1-11(2)9-13(14(20)22-6)17-8-7-12(19)10-18-15(21)23-16(3,4)5/h11,13,17H,7-10H2,1-6H3,(H,18,21)/t13-/m0/s1. The molecule has 0 aliphatic heterocycles. The number of carbonyl (C=O) groups is 3. The van der Waals surface area contributed by atoms with E-state index in [1.165, 1.54) is 7.11 Å². The van der Waals surface area contributed by atoms with Gasteiger partial charge in [-0.05, 0) is 33.1 Å². The fraction of sp³-hybridized carbons (Fsp3) is 0.812. The number of rotatable bonds is 9. The first kappa shape index (κ1) is 21.4. The molecule has 0 saturated carbocycles. The molecule has 0 rings (SSSR count). The van der Waals surface area contributed by atoms with Gasteiger partial charge in [0.25, 0.3) is 0 Å². The number of Topliss-reactive ketones (excluding diaryl/α,β-unsaturated/α-hetero) is 1. The lowest BCUT2D eigenvalue weighted by molar-refractivity contribution is -0.143. The summed E-state index contributed by atoms with van der Waals surface area (Å²) in [5.41, 5.74) is -0.598. The van der Waals surface area contributed by atoms with Gasteiger partial charge in [-0.15, -0.1) is 0 Å². The Kier molecular flexibility index (Phi) is 9.48. The fourth-order valence-corrected chi connectivity index (χ4v) is 1.84. The number of nitrogens with one attached hydrogen (secondary N) is 2. The molecule has 7 nitrogen and oxygen atoms in total. The molecule has 0 unspecified atom stereocenters. The maximum absolute atomic E-state index is 11.7. The molecule has 0 aromatic carbocycles. The van der Waals surface area contributed by atoms with Crippen molar-refractivity contribution in [3.63, 3.8) is 0 Å². The number of ketones is 1. The molecule has 0 bridgehead atoms. The quantitative estimate of drug-likeness (QED) is 0.624. The van der Waals surface area contributed by atoms with Gasteiger partial charge >= 0.3 is 12.1 Å². The van der Waals surface area contributed by atoms with Crippen LogP contribution in [0.5, 0.6) is 0 Å². The maximum Gasteiger partial charge on any atom is 0.408 e. The second kappa shape index (κ2) is 10.2. The van der Waals surface area contributed by atoms with E-state index in [4.69, 9.17) is 9.47 Å². The summed E-state index contributed by atoms with van der Waals surface area (Å²) < 4.78 is 9.78. The van der Waals surface area contributed by atoms with Crippen LogP contribution in [0.3, 0.4) is 0 Å². The van der Waals surface area contributed by atoms with Crippen molar-refractivity contribution in [1.29, 1.82) is 0 Å². The average molecular weight is 330 g/mol. The Morgan fingerprint density at radius 3 is 2.22 bits per heavy atom. The molecule has 0 radical (unpaired) electrons. The third-order valence-corrected chi connectivity index (χ3v) is 2.82. The minimum absolute atomic E-state index is 0.0936. The number of carbonyl (C=O) groups excluding carboxylic acids is 3. The van der Waals surface area contributed by atoms with E-state index in [1.54, 1.807) is 20.8 Å². The highest BCUT2D eigenvalue weighted by Crippen LogP contribution is 2.07. The monoisotopic (exact) mass is 330 g/mol. The molecule has 0 aromatic rings. The summed E-state index contributed by atoms with van der Waals surface area (Å²) in [6.45, 7) is 9.52. The zero-order valence-corrected chi connectivity index (χ0v) is 15.0. The highest BCUT2D eigenvalue weighted by atomic mass is 16.6. The molecule has 0 aliphatic carbocycles. The Morgan fingerprint density at radius 1 is 1.13 bits per heavy atom. The molecule has 0 aliphatic rings. The van der Waals surface area contributed by atoms with Crippen LogP contribution < -0.4 is 10.6 Å². The van der Waals surface area contributed by atoms with Gasteiger partial charge < -0.3 is 20.1 Å². The molecule has 7 heteroatoms. The lowest BCUT2D eigenvalue weighted by atomic mass is 10.0. The summed E-state index contributed by atoms with van der Waals surface area (Å²) in [5, 5.41) is 5.43. The van der Waals surface area contributed by atoms with Crippen LogP contribution in [0.1, 0.15) is 47.5 Å². The third kappa shape index (κ3) is 11.6. The van der Waals surface area contributed by atoms with E-state index in [0.29, 0.717) is 18.9 Å². The number of amides is 1. The van der Waals surface area contributed by atoms with Crippen molar-refractivity contribution < 1.29 is 23.9 Å². The zero-order valence-electron chi connectivity index (χ0n) is 15.0. The van der Waals surface area contributed by atoms with Gasteiger partial charge in [-0.2, -0.15) is 0 Å². The van der Waals surface area contributed by atoms with E-state index < -0.39 is 17.7 Å². The van der Waals surface area contributed by atoms with Crippen molar-refractivity contribution in [2.75, 3.05) is 20.2 Å². The molecule has 134 valence electrons. The Morgan fingerprint density at radius 2 is 1.74 bits per heavy atom. The van der Waals surface area contributed by atoms with Gasteiger partial charge in [0, 0.05) is 13.0 Å².